The Hall–Kier alpha value is -3.08. The van der Waals surface area contributed by atoms with Gasteiger partial charge in [0, 0.05) is 18.5 Å². The fraction of sp³-hybridized carbons (Fsp3) is 0.238. The van der Waals surface area contributed by atoms with Gasteiger partial charge in [0.25, 0.3) is 5.91 Å². The smallest absolute Gasteiger partial charge is 0.287 e. The van der Waals surface area contributed by atoms with E-state index in [2.05, 4.69) is 5.32 Å². The first kappa shape index (κ1) is 17.7. The van der Waals surface area contributed by atoms with Crippen molar-refractivity contribution in [3.05, 3.63) is 71.5 Å². The van der Waals surface area contributed by atoms with E-state index in [9.17, 15) is 9.59 Å². The lowest BCUT2D eigenvalue weighted by molar-refractivity contribution is -0.130. The third-order valence-corrected chi connectivity index (χ3v) is 4.25. The number of hydrogen-bond acceptors (Lipinski definition) is 3. The largest absolute Gasteiger partial charge is 0.451 e. The molecule has 0 unspecified atom stereocenters. The van der Waals surface area contributed by atoms with Crippen LogP contribution in [-0.2, 0) is 11.3 Å². The van der Waals surface area contributed by atoms with Crippen LogP contribution in [0.15, 0.2) is 59.0 Å². The first-order valence-corrected chi connectivity index (χ1v) is 8.67. The summed E-state index contributed by atoms with van der Waals surface area (Å²) in [6.45, 7) is 4.94. The minimum absolute atomic E-state index is 0.0599. The molecule has 0 aliphatic heterocycles. The summed E-state index contributed by atoms with van der Waals surface area (Å²) in [5, 5.41) is 3.53. The zero-order chi connectivity index (χ0) is 18.5. The minimum atomic E-state index is -0.386. The summed E-state index contributed by atoms with van der Waals surface area (Å²) in [4.78, 5) is 26.4. The zero-order valence-corrected chi connectivity index (χ0v) is 15.0. The molecule has 3 rings (SSSR count). The first-order valence-electron chi connectivity index (χ1n) is 8.67. The highest BCUT2D eigenvalue weighted by molar-refractivity contribution is 5.97. The number of furan rings is 1. The monoisotopic (exact) mass is 350 g/mol. The number of carbonyl (C=O) groups excluding carboxylic acids is 2. The molecule has 0 atom stereocenters. The van der Waals surface area contributed by atoms with Crippen LogP contribution in [0.1, 0.15) is 28.6 Å². The van der Waals surface area contributed by atoms with Crippen LogP contribution < -0.4 is 5.32 Å². The number of rotatable bonds is 6. The first-order chi connectivity index (χ1) is 12.6. The summed E-state index contributed by atoms with van der Waals surface area (Å²) in [5.74, 6) is -0.302. The third-order valence-electron chi connectivity index (χ3n) is 4.25. The topological polar surface area (TPSA) is 62.6 Å². The van der Waals surface area contributed by atoms with E-state index in [-0.39, 0.29) is 24.1 Å². The highest BCUT2D eigenvalue weighted by Crippen LogP contribution is 2.20. The van der Waals surface area contributed by atoms with Crippen LogP contribution in [-0.4, -0.2) is 29.8 Å². The van der Waals surface area contributed by atoms with E-state index >= 15 is 0 Å². The lowest BCUT2D eigenvalue weighted by atomic mass is 10.2. The van der Waals surface area contributed by atoms with Gasteiger partial charge in [-0.05, 0) is 37.6 Å². The molecule has 0 saturated carbocycles. The predicted octanol–water partition coefficient (Wildman–Crippen LogP) is 3.52. The predicted molar refractivity (Wildman–Crippen MR) is 101 cm³/mol. The second-order valence-electron chi connectivity index (χ2n) is 6.23. The van der Waals surface area contributed by atoms with Gasteiger partial charge < -0.3 is 14.6 Å². The maximum absolute atomic E-state index is 12.4. The van der Waals surface area contributed by atoms with E-state index in [1.165, 1.54) is 0 Å². The van der Waals surface area contributed by atoms with Gasteiger partial charge in [-0.25, -0.2) is 0 Å². The highest BCUT2D eigenvalue weighted by Gasteiger charge is 2.16. The number of nitrogens with zero attached hydrogens (tertiary/aromatic N) is 1. The number of aryl methyl sites for hydroxylation is 1. The zero-order valence-electron chi connectivity index (χ0n) is 15.0. The van der Waals surface area contributed by atoms with E-state index < -0.39 is 0 Å². The number of likely N-dealkylation sites (N-methyl/N-ethyl adjacent to an activating group) is 1. The maximum atomic E-state index is 12.4. The molecular formula is C21H22N2O3. The lowest BCUT2D eigenvalue weighted by Crippen LogP contribution is -2.39. The van der Waals surface area contributed by atoms with Gasteiger partial charge in [0.2, 0.25) is 5.91 Å². The standard InChI is InChI=1S/C21H22N2O3/c1-3-23(14-16-7-5-4-6-8-16)20(24)13-22-21(25)19-12-17-11-15(2)9-10-18(17)26-19/h4-12H,3,13-14H2,1-2H3,(H,22,25). The Morgan fingerprint density at radius 3 is 2.58 bits per heavy atom. The van der Waals surface area contributed by atoms with Gasteiger partial charge in [-0.3, -0.25) is 9.59 Å². The molecule has 1 heterocycles. The second kappa shape index (κ2) is 7.87. The van der Waals surface area contributed by atoms with Gasteiger partial charge >= 0.3 is 0 Å². The number of hydrogen-bond donors (Lipinski definition) is 1. The average Bonchev–Trinajstić information content (AvgIpc) is 3.08. The Balaban J connectivity index is 1.60. The molecule has 2 amide bonds. The number of benzene rings is 2. The van der Waals surface area contributed by atoms with Gasteiger partial charge in [-0.1, -0.05) is 42.0 Å². The quantitative estimate of drug-likeness (QED) is 0.740. The summed E-state index contributed by atoms with van der Waals surface area (Å²) in [6, 6.07) is 17.2. The van der Waals surface area contributed by atoms with Gasteiger partial charge in [0.1, 0.15) is 5.58 Å². The average molecular weight is 350 g/mol. The van der Waals surface area contributed by atoms with Crippen LogP contribution in [0.4, 0.5) is 0 Å². The number of amides is 2. The van der Waals surface area contributed by atoms with Gasteiger partial charge in [0.05, 0.1) is 6.54 Å². The summed E-state index contributed by atoms with van der Waals surface area (Å²) >= 11 is 0. The Labute approximate surface area is 152 Å². The van der Waals surface area contributed by atoms with Crippen LogP contribution >= 0.6 is 0 Å². The van der Waals surface area contributed by atoms with Crippen LogP contribution in [0.25, 0.3) is 11.0 Å². The highest BCUT2D eigenvalue weighted by atomic mass is 16.3. The van der Waals surface area contributed by atoms with E-state index in [0.717, 1.165) is 16.5 Å². The molecule has 0 radical (unpaired) electrons. The molecule has 26 heavy (non-hydrogen) atoms. The van der Waals surface area contributed by atoms with E-state index in [1.54, 1.807) is 11.0 Å². The van der Waals surface area contributed by atoms with Crippen molar-refractivity contribution in [3.63, 3.8) is 0 Å². The summed E-state index contributed by atoms with van der Waals surface area (Å²) in [7, 11) is 0. The van der Waals surface area contributed by atoms with Gasteiger partial charge in [-0.15, -0.1) is 0 Å². The maximum Gasteiger partial charge on any atom is 0.287 e. The Morgan fingerprint density at radius 1 is 1.08 bits per heavy atom. The molecule has 0 spiro atoms. The third kappa shape index (κ3) is 4.11. The van der Waals surface area contributed by atoms with Gasteiger partial charge in [0.15, 0.2) is 5.76 Å². The molecule has 5 heteroatoms. The van der Waals surface area contributed by atoms with Crippen molar-refractivity contribution in [2.75, 3.05) is 13.1 Å². The molecule has 0 saturated heterocycles. The molecule has 0 bridgehead atoms. The van der Waals surface area contributed by atoms with Crippen molar-refractivity contribution in [1.82, 2.24) is 10.2 Å². The number of fused-ring (bicyclic) bond motifs is 1. The molecule has 5 nitrogen and oxygen atoms in total. The van der Waals surface area contributed by atoms with Gasteiger partial charge in [-0.2, -0.15) is 0 Å². The van der Waals surface area contributed by atoms with Crippen molar-refractivity contribution in [2.24, 2.45) is 0 Å². The molecule has 1 aromatic heterocycles. The SMILES string of the molecule is CCN(Cc1ccccc1)C(=O)CNC(=O)c1cc2cc(C)ccc2o1. The van der Waals surface area contributed by atoms with Crippen LogP contribution in [0.2, 0.25) is 0 Å². The van der Waals surface area contributed by atoms with Crippen molar-refractivity contribution >= 4 is 22.8 Å². The Morgan fingerprint density at radius 2 is 1.85 bits per heavy atom. The molecule has 1 N–H and O–H groups in total. The van der Waals surface area contributed by atoms with Crippen LogP contribution in [0, 0.1) is 6.92 Å². The number of nitrogens with one attached hydrogen (secondary N) is 1. The van der Waals surface area contributed by atoms with Crippen molar-refractivity contribution in [3.8, 4) is 0 Å². The summed E-state index contributed by atoms with van der Waals surface area (Å²) in [5.41, 5.74) is 2.81. The normalized spacial score (nSPS) is 10.7. The Kier molecular flexibility index (Phi) is 5.37. The fourth-order valence-electron chi connectivity index (χ4n) is 2.81. The van der Waals surface area contributed by atoms with Crippen LogP contribution in [0.5, 0.6) is 0 Å². The summed E-state index contributed by atoms with van der Waals surface area (Å²) < 4.78 is 5.56. The molecule has 134 valence electrons. The van der Waals surface area contributed by atoms with E-state index in [4.69, 9.17) is 4.42 Å². The minimum Gasteiger partial charge on any atom is -0.451 e. The molecule has 0 aliphatic carbocycles. The molecule has 0 aliphatic rings. The van der Waals surface area contributed by atoms with E-state index in [0.29, 0.717) is 18.7 Å². The summed E-state index contributed by atoms with van der Waals surface area (Å²) in [6.07, 6.45) is 0. The molecule has 0 fully saturated rings. The van der Waals surface area contributed by atoms with Crippen LogP contribution in [0.3, 0.4) is 0 Å². The molecule has 2 aromatic carbocycles. The lowest BCUT2D eigenvalue weighted by Gasteiger charge is -2.21. The van der Waals surface area contributed by atoms with Crippen molar-refractivity contribution < 1.29 is 14.0 Å². The molecular weight excluding hydrogens is 328 g/mol. The van der Waals surface area contributed by atoms with E-state index in [1.807, 2.05) is 62.4 Å². The fourth-order valence-corrected chi connectivity index (χ4v) is 2.81. The van der Waals surface area contributed by atoms with Crippen molar-refractivity contribution in [2.45, 2.75) is 20.4 Å². The van der Waals surface area contributed by atoms with Crippen molar-refractivity contribution in [1.29, 1.82) is 0 Å². The second-order valence-corrected chi connectivity index (χ2v) is 6.23. The number of carbonyl (C=O) groups is 2. The Bertz CT molecular complexity index is 915. The molecule has 3 aromatic rings.